The number of imidazole rings is 1. The molecule has 0 aliphatic rings. The summed E-state index contributed by atoms with van der Waals surface area (Å²) in [6, 6.07) is 7.89. The van der Waals surface area contributed by atoms with Crippen molar-refractivity contribution in [3.63, 3.8) is 0 Å². The van der Waals surface area contributed by atoms with E-state index in [0.717, 1.165) is 17.6 Å². The van der Waals surface area contributed by atoms with Gasteiger partial charge in [-0.05, 0) is 12.1 Å². The summed E-state index contributed by atoms with van der Waals surface area (Å²) in [6.45, 7) is 1.38. The van der Waals surface area contributed by atoms with Gasteiger partial charge in [-0.2, -0.15) is 0 Å². The molecule has 1 aromatic carbocycles. The summed E-state index contributed by atoms with van der Waals surface area (Å²) in [5, 5.41) is 0. The highest BCUT2D eigenvalue weighted by molar-refractivity contribution is 5.78. The van der Waals surface area contributed by atoms with Crippen LogP contribution >= 0.6 is 0 Å². The van der Waals surface area contributed by atoms with Crippen LogP contribution in [0.1, 0.15) is 0 Å². The van der Waals surface area contributed by atoms with E-state index in [2.05, 4.69) is 4.98 Å². The molecule has 0 aliphatic carbocycles. The smallest absolute Gasteiger partial charge is 0.201 e. The first-order valence-corrected chi connectivity index (χ1v) is 4.52. The first kappa shape index (κ1) is 9.02. The minimum absolute atomic E-state index is 0.545. The van der Waals surface area contributed by atoms with Crippen molar-refractivity contribution in [3.8, 4) is 0 Å². The molecular formula is C10H13N3O. The van der Waals surface area contributed by atoms with Crippen LogP contribution in [-0.2, 0) is 11.3 Å². The number of fused-ring (bicyclic) bond motifs is 1. The van der Waals surface area contributed by atoms with Gasteiger partial charge in [0.1, 0.15) is 0 Å². The van der Waals surface area contributed by atoms with Gasteiger partial charge in [0.05, 0.1) is 17.6 Å². The summed E-state index contributed by atoms with van der Waals surface area (Å²) in [7, 11) is 1.68. The third kappa shape index (κ3) is 1.44. The lowest BCUT2D eigenvalue weighted by molar-refractivity contribution is 0.189. The van der Waals surface area contributed by atoms with Crippen molar-refractivity contribution in [1.29, 1.82) is 0 Å². The molecule has 0 radical (unpaired) electrons. The van der Waals surface area contributed by atoms with E-state index in [-0.39, 0.29) is 0 Å². The molecule has 2 rings (SSSR count). The standard InChI is InChI=1S/C10H13N3O/c1-14-7-6-13-9-5-3-2-4-8(9)12-10(13)11/h2-5H,6-7H2,1H3,(H2,11,12). The molecular weight excluding hydrogens is 178 g/mol. The number of nitrogens with two attached hydrogens (primary N) is 1. The fourth-order valence-electron chi connectivity index (χ4n) is 1.51. The van der Waals surface area contributed by atoms with Gasteiger partial charge in [0.2, 0.25) is 5.95 Å². The van der Waals surface area contributed by atoms with Gasteiger partial charge in [-0.1, -0.05) is 12.1 Å². The molecule has 2 N–H and O–H groups in total. The summed E-state index contributed by atoms with van der Waals surface area (Å²) in [4.78, 5) is 4.25. The zero-order valence-corrected chi connectivity index (χ0v) is 8.10. The average Bonchev–Trinajstić information content (AvgIpc) is 2.51. The van der Waals surface area contributed by atoms with Crippen LogP contribution in [0.15, 0.2) is 24.3 Å². The molecule has 0 atom stereocenters. The van der Waals surface area contributed by atoms with E-state index in [1.54, 1.807) is 7.11 Å². The van der Waals surface area contributed by atoms with Gasteiger partial charge in [0, 0.05) is 13.7 Å². The number of aromatic nitrogens is 2. The average molecular weight is 191 g/mol. The Balaban J connectivity index is 2.45. The topological polar surface area (TPSA) is 53.1 Å². The number of ether oxygens (including phenoxy) is 1. The van der Waals surface area contributed by atoms with Crippen molar-refractivity contribution >= 4 is 17.0 Å². The summed E-state index contributed by atoms with van der Waals surface area (Å²) in [6.07, 6.45) is 0. The van der Waals surface area contributed by atoms with E-state index in [0.29, 0.717) is 12.6 Å². The maximum Gasteiger partial charge on any atom is 0.201 e. The first-order chi connectivity index (χ1) is 6.83. The molecule has 1 aromatic heterocycles. The Bertz CT molecular complexity index is 436. The summed E-state index contributed by atoms with van der Waals surface area (Å²) in [5.41, 5.74) is 7.78. The van der Waals surface area contributed by atoms with Crippen LogP contribution < -0.4 is 5.73 Å². The summed E-state index contributed by atoms with van der Waals surface area (Å²) in [5.74, 6) is 0.545. The van der Waals surface area contributed by atoms with Gasteiger partial charge < -0.3 is 15.0 Å². The van der Waals surface area contributed by atoms with Crippen molar-refractivity contribution in [1.82, 2.24) is 9.55 Å². The molecule has 0 amide bonds. The van der Waals surface area contributed by atoms with Crippen molar-refractivity contribution < 1.29 is 4.74 Å². The van der Waals surface area contributed by atoms with Gasteiger partial charge in [-0.15, -0.1) is 0 Å². The fourth-order valence-corrected chi connectivity index (χ4v) is 1.51. The Hall–Kier alpha value is -1.55. The molecule has 0 saturated heterocycles. The monoisotopic (exact) mass is 191 g/mol. The normalized spacial score (nSPS) is 10.9. The van der Waals surface area contributed by atoms with E-state index < -0.39 is 0 Å². The number of hydrogen-bond donors (Lipinski definition) is 1. The summed E-state index contributed by atoms with van der Waals surface area (Å²) < 4.78 is 6.97. The number of nitrogen functional groups attached to an aromatic ring is 1. The zero-order valence-electron chi connectivity index (χ0n) is 8.10. The predicted octanol–water partition coefficient (Wildman–Crippen LogP) is 1.26. The van der Waals surface area contributed by atoms with Gasteiger partial charge in [-0.25, -0.2) is 4.98 Å². The SMILES string of the molecule is COCCn1c(N)nc2ccccc21. The second-order valence-electron chi connectivity index (χ2n) is 3.10. The lowest BCUT2D eigenvalue weighted by Crippen LogP contribution is -2.07. The fraction of sp³-hybridized carbons (Fsp3) is 0.300. The molecule has 0 bridgehead atoms. The number of methoxy groups -OCH3 is 1. The van der Waals surface area contributed by atoms with Gasteiger partial charge >= 0.3 is 0 Å². The van der Waals surface area contributed by atoms with Crippen LogP contribution in [0.25, 0.3) is 11.0 Å². The number of rotatable bonds is 3. The minimum Gasteiger partial charge on any atom is -0.383 e. The molecule has 0 fully saturated rings. The Morgan fingerprint density at radius 3 is 3.00 bits per heavy atom. The third-order valence-electron chi connectivity index (χ3n) is 2.20. The van der Waals surface area contributed by atoms with E-state index >= 15 is 0 Å². The number of benzene rings is 1. The van der Waals surface area contributed by atoms with Crippen LogP contribution in [0.5, 0.6) is 0 Å². The molecule has 0 aliphatic heterocycles. The van der Waals surface area contributed by atoms with E-state index in [4.69, 9.17) is 10.5 Å². The summed E-state index contributed by atoms with van der Waals surface area (Å²) >= 11 is 0. The molecule has 2 aromatic rings. The van der Waals surface area contributed by atoms with Crippen molar-refractivity contribution in [3.05, 3.63) is 24.3 Å². The Morgan fingerprint density at radius 1 is 1.43 bits per heavy atom. The Morgan fingerprint density at radius 2 is 2.21 bits per heavy atom. The molecule has 74 valence electrons. The van der Waals surface area contributed by atoms with Crippen LogP contribution in [0, 0.1) is 0 Å². The highest BCUT2D eigenvalue weighted by Gasteiger charge is 2.05. The predicted molar refractivity (Wildman–Crippen MR) is 56.0 cm³/mol. The van der Waals surface area contributed by atoms with Crippen LogP contribution in [0.4, 0.5) is 5.95 Å². The molecule has 4 nitrogen and oxygen atoms in total. The number of para-hydroxylation sites is 2. The zero-order chi connectivity index (χ0) is 9.97. The maximum absolute atomic E-state index is 5.79. The Kier molecular flexibility index (Phi) is 2.37. The number of hydrogen-bond acceptors (Lipinski definition) is 3. The molecule has 4 heteroatoms. The van der Waals surface area contributed by atoms with Crippen LogP contribution in [0.3, 0.4) is 0 Å². The van der Waals surface area contributed by atoms with Crippen LogP contribution in [-0.4, -0.2) is 23.3 Å². The van der Waals surface area contributed by atoms with E-state index in [1.165, 1.54) is 0 Å². The molecule has 0 unspecified atom stereocenters. The Labute approximate surface area is 82.3 Å². The van der Waals surface area contributed by atoms with Gasteiger partial charge in [0.25, 0.3) is 0 Å². The minimum atomic E-state index is 0.545. The lowest BCUT2D eigenvalue weighted by atomic mass is 10.3. The highest BCUT2D eigenvalue weighted by Crippen LogP contribution is 2.16. The molecule has 0 saturated carbocycles. The second-order valence-corrected chi connectivity index (χ2v) is 3.10. The van der Waals surface area contributed by atoms with Crippen molar-refractivity contribution in [2.24, 2.45) is 0 Å². The maximum atomic E-state index is 5.79. The number of anilines is 1. The van der Waals surface area contributed by atoms with E-state index in [9.17, 15) is 0 Å². The second kappa shape index (κ2) is 3.67. The van der Waals surface area contributed by atoms with Gasteiger partial charge in [-0.3, -0.25) is 0 Å². The van der Waals surface area contributed by atoms with Crippen molar-refractivity contribution in [2.75, 3.05) is 19.5 Å². The molecule has 1 heterocycles. The molecule has 14 heavy (non-hydrogen) atoms. The first-order valence-electron chi connectivity index (χ1n) is 4.52. The largest absolute Gasteiger partial charge is 0.383 e. The van der Waals surface area contributed by atoms with Crippen molar-refractivity contribution in [2.45, 2.75) is 6.54 Å². The number of nitrogens with zero attached hydrogens (tertiary/aromatic N) is 2. The molecule has 0 spiro atoms. The van der Waals surface area contributed by atoms with E-state index in [1.807, 2.05) is 28.8 Å². The highest BCUT2D eigenvalue weighted by atomic mass is 16.5. The van der Waals surface area contributed by atoms with Crippen LogP contribution in [0.2, 0.25) is 0 Å². The quantitative estimate of drug-likeness (QED) is 0.794. The lowest BCUT2D eigenvalue weighted by Gasteiger charge is -2.04. The third-order valence-corrected chi connectivity index (χ3v) is 2.20. The van der Waals surface area contributed by atoms with Gasteiger partial charge in [0.15, 0.2) is 0 Å².